The van der Waals surface area contributed by atoms with Crippen molar-refractivity contribution < 1.29 is 4.39 Å². The zero-order valence-electron chi connectivity index (χ0n) is 10.0. The molecule has 2 unspecified atom stereocenters. The SMILES string of the molecule is CNc1nc(C2CCC(C)C2)nc(C)c1F. The average molecular weight is 223 g/mol. The molecule has 0 amide bonds. The van der Waals surface area contributed by atoms with Crippen molar-refractivity contribution in [2.75, 3.05) is 12.4 Å². The van der Waals surface area contributed by atoms with Crippen LogP contribution in [-0.4, -0.2) is 17.0 Å². The highest BCUT2D eigenvalue weighted by Gasteiger charge is 2.26. The van der Waals surface area contributed by atoms with Crippen molar-refractivity contribution in [2.24, 2.45) is 5.92 Å². The third-order valence-corrected chi connectivity index (χ3v) is 3.33. The Morgan fingerprint density at radius 3 is 2.62 bits per heavy atom. The minimum Gasteiger partial charge on any atom is -0.371 e. The lowest BCUT2D eigenvalue weighted by Gasteiger charge is -2.11. The van der Waals surface area contributed by atoms with Crippen molar-refractivity contribution >= 4 is 5.82 Å². The maximum atomic E-state index is 13.6. The molecule has 88 valence electrons. The summed E-state index contributed by atoms with van der Waals surface area (Å²) in [6.07, 6.45) is 3.46. The first kappa shape index (κ1) is 11.3. The van der Waals surface area contributed by atoms with E-state index in [9.17, 15) is 4.39 Å². The molecule has 0 spiro atoms. The maximum absolute atomic E-state index is 13.6. The van der Waals surface area contributed by atoms with Gasteiger partial charge in [-0.1, -0.05) is 6.92 Å². The second-order valence-corrected chi connectivity index (χ2v) is 4.69. The van der Waals surface area contributed by atoms with E-state index >= 15 is 0 Å². The Balaban J connectivity index is 2.31. The van der Waals surface area contributed by atoms with Crippen LogP contribution < -0.4 is 5.32 Å². The summed E-state index contributed by atoms with van der Waals surface area (Å²) >= 11 is 0. The van der Waals surface area contributed by atoms with Crippen LogP contribution in [0.2, 0.25) is 0 Å². The summed E-state index contributed by atoms with van der Waals surface area (Å²) in [5.74, 6) is 1.92. The molecule has 16 heavy (non-hydrogen) atoms. The molecular weight excluding hydrogens is 205 g/mol. The van der Waals surface area contributed by atoms with E-state index in [-0.39, 0.29) is 5.82 Å². The Labute approximate surface area is 95.5 Å². The highest BCUT2D eigenvalue weighted by Crippen LogP contribution is 2.36. The molecule has 4 heteroatoms. The van der Waals surface area contributed by atoms with Gasteiger partial charge in [0.15, 0.2) is 11.6 Å². The van der Waals surface area contributed by atoms with Crippen LogP contribution in [-0.2, 0) is 0 Å². The highest BCUT2D eigenvalue weighted by atomic mass is 19.1. The number of aromatic nitrogens is 2. The standard InChI is InChI=1S/C12H18FN3/c1-7-4-5-9(6-7)11-15-8(2)10(13)12(14-3)16-11/h7,9H,4-6H2,1-3H3,(H,14,15,16). The molecule has 1 heterocycles. The number of halogens is 1. The zero-order chi connectivity index (χ0) is 11.7. The molecule has 1 fully saturated rings. The van der Waals surface area contributed by atoms with Gasteiger partial charge in [0.2, 0.25) is 0 Å². The predicted octanol–water partition coefficient (Wildman–Crippen LogP) is 2.87. The van der Waals surface area contributed by atoms with Gasteiger partial charge in [0.05, 0.1) is 5.69 Å². The van der Waals surface area contributed by atoms with Crippen LogP contribution in [0.3, 0.4) is 0 Å². The number of hydrogen-bond acceptors (Lipinski definition) is 3. The molecule has 1 aliphatic carbocycles. The van der Waals surface area contributed by atoms with Gasteiger partial charge in [0.25, 0.3) is 0 Å². The molecule has 0 aliphatic heterocycles. The van der Waals surface area contributed by atoms with Crippen molar-refractivity contribution in [3.8, 4) is 0 Å². The quantitative estimate of drug-likeness (QED) is 0.837. The Bertz CT molecular complexity index is 392. The van der Waals surface area contributed by atoms with Gasteiger partial charge in [-0.15, -0.1) is 0 Å². The summed E-state index contributed by atoms with van der Waals surface area (Å²) in [5, 5.41) is 2.79. The van der Waals surface area contributed by atoms with Crippen LogP contribution >= 0.6 is 0 Å². The lowest BCUT2D eigenvalue weighted by molar-refractivity contribution is 0.568. The van der Waals surface area contributed by atoms with Crippen LogP contribution in [0.25, 0.3) is 0 Å². The summed E-state index contributed by atoms with van der Waals surface area (Å²) < 4.78 is 13.6. The van der Waals surface area contributed by atoms with Crippen molar-refractivity contribution in [2.45, 2.75) is 39.0 Å². The first-order valence-electron chi connectivity index (χ1n) is 5.83. The molecule has 1 aromatic heterocycles. The van der Waals surface area contributed by atoms with Crippen LogP contribution in [0.4, 0.5) is 10.2 Å². The molecule has 1 aromatic rings. The van der Waals surface area contributed by atoms with E-state index in [1.54, 1.807) is 14.0 Å². The molecule has 1 aliphatic rings. The highest BCUT2D eigenvalue weighted by molar-refractivity contribution is 5.37. The van der Waals surface area contributed by atoms with Gasteiger partial charge in [-0.3, -0.25) is 0 Å². The van der Waals surface area contributed by atoms with E-state index in [0.717, 1.165) is 24.6 Å². The second kappa shape index (κ2) is 4.36. The number of anilines is 1. The fourth-order valence-electron chi connectivity index (χ4n) is 2.37. The van der Waals surface area contributed by atoms with Gasteiger partial charge in [-0.25, -0.2) is 14.4 Å². The molecule has 1 N–H and O–H groups in total. The molecule has 0 saturated heterocycles. The minimum absolute atomic E-state index is 0.321. The van der Waals surface area contributed by atoms with Crippen molar-refractivity contribution in [3.05, 3.63) is 17.3 Å². The average Bonchev–Trinajstić information content (AvgIpc) is 2.69. The second-order valence-electron chi connectivity index (χ2n) is 4.69. The summed E-state index contributed by atoms with van der Waals surface area (Å²) in [7, 11) is 1.69. The first-order chi connectivity index (χ1) is 7.61. The Hall–Kier alpha value is -1.19. The fourth-order valence-corrected chi connectivity index (χ4v) is 2.37. The number of rotatable bonds is 2. The summed E-state index contributed by atoms with van der Waals surface area (Å²) in [6.45, 7) is 3.94. The molecule has 2 atom stereocenters. The normalized spacial score (nSPS) is 24.8. The molecular formula is C12H18FN3. The Morgan fingerprint density at radius 1 is 1.31 bits per heavy atom. The van der Waals surface area contributed by atoms with Gasteiger partial charge < -0.3 is 5.32 Å². The van der Waals surface area contributed by atoms with Crippen molar-refractivity contribution in [3.63, 3.8) is 0 Å². The van der Waals surface area contributed by atoms with Crippen LogP contribution in [0.5, 0.6) is 0 Å². The monoisotopic (exact) mass is 223 g/mol. The van der Waals surface area contributed by atoms with E-state index in [4.69, 9.17) is 0 Å². The van der Waals surface area contributed by atoms with E-state index < -0.39 is 0 Å². The number of hydrogen-bond donors (Lipinski definition) is 1. The predicted molar refractivity (Wildman–Crippen MR) is 62.0 cm³/mol. The van der Waals surface area contributed by atoms with E-state index in [0.29, 0.717) is 17.4 Å². The minimum atomic E-state index is -0.336. The largest absolute Gasteiger partial charge is 0.371 e. The summed E-state index contributed by atoms with van der Waals surface area (Å²) in [4.78, 5) is 8.54. The van der Waals surface area contributed by atoms with Gasteiger partial charge in [0.1, 0.15) is 5.82 Å². The topological polar surface area (TPSA) is 37.8 Å². The van der Waals surface area contributed by atoms with Crippen molar-refractivity contribution in [1.29, 1.82) is 0 Å². The van der Waals surface area contributed by atoms with E-state index in [1.165, 1.54) is 6.42 Å². The molecule has 0 bridgehead atoms. The summed E-state index contributed by atoms with van der Waals surface area (Å²) in [6, 6.07) is 0. The van der Waals surface area contributed by atoms with Gasteiger partial charge >= 0.3 is 0 Å². The lowest BCUT2D eigenvalue weighted by atomic mass is 10.1. The number of nitrogens with zero attached hydrogens (tertiary/aromatic N) is 2. The molecule has 1 saturated carbocycles. The molecule has 3 nitrogen and oxygen atoms in total. The Kier molecular flexibility index (Phi) is 3.08. The van der Waals surface area contributed by atoms with Crippen LogP contribution in [0.15, 0.2) is 0 Å². The Morgan fingerprint density at radius 2 is 2.06 bits per heavy atom. The lowest BCUT2D eigenvalue weighted by Crippen LogP contribution is -2.08. The molecule has 2 rings (SSSR count). The maximum Gasteiger partial charge on any atom is 0.186 e. The van der Waals surface area contributed by atoms with E-state index in [1.807, 2.05) is 0 Å². The fraction of sp³-hybridized carbons (Fsp3) is 0.667. The van der Waals surface area contributed by atoms with Gasteiger partial charge in [-0.05, 0) is 32.1 Å². The van der Waals surface area contributed by atoms with Crippen molar-refractivity contribution in [1.82, 2.24) is 9.97 Å². The third kappa shape index (κ3) is 2.01. The smallest absolute Gasteiger partial charge is 0.186 e. The third-order valence-electron chi connectivity index (χ3n) is 3.33. The number of nitrogens with one attached hydrogen (secondary N) is 1. The first-order valence-corrected chi connectivity index (χ1v) is 5.83. The van der Waals surface area contributed by atoms with Crippen LogP contribution in [0, 0.1) is 18.7 Å². The number of aryl methyl sites for hydroxylation is 1. The van der Waals surface area contributed by atoms with E-state index in [2.05, 4.69) is 22.2 Å². The zero-order valence-corrected chi connectivity index (χ0v) is 10.0. The molecule has 0 aromatic carbocycles. The van der Waals surface area contributed by atoms with Gasteiger partial charge in [-0.2, -0.15) is 0 Å². The molecule has 0 radical (unpaired) electrons. The van der Waals surface area contributed by atoms with Crippen LogP contribution in [0.1, 0.15) is 43.6 Å². The summed E-state index contributed by atoms with van der Waals surface area (Å²) in [5.41, 5.74) is 0.439. The van der Waals surface area contributed by atoms with Gasteiger partial charge in [0, 0.05) is 13.0 Å².